The average molecular weight is 300 g/mol. The van der Waals surface area contributed by atoms with Crippen molar-refractivity contribution >= 4 is 12.0 Å². The van der Waals surface area contributed by atoms with E-state index in [0.29, 0.717) is 45.5 Å². The Bertz CT molecular complexity index is 352. The van der Waals surface area contributed by atoms with Gasteiger partial charge in [0.15, 0.2) is 0 Å². The fourth-order valence-corrected chi connectivity index (χ4v) is 2.96. The van der Waals surface area contributed by atoms with E-state index >= 15 is 0 Å². The maximum absolute atomic E-state index is 12.3. The number of nitrogens with zero attached hydrogens (tertiary/aromatic N) is 2. The summed E-state index contributed by atoms with van der Waals surface area (Å²) in [6.45, 7) is 4.35. The predicted octanol–water partition coefficient (Wildman–Crippen LogP) is 2.04. The van der Waals surface area contributed by atoms with Gasteiger partial charge in [0.05, 0.1) is 5.41 Å². The number of likely N-dealkylation sites (tertiary alicyclic amines) is 1. The van der Waals surface area contributed by atoms with Crippen LogP contribution in [0.4, 0.5) is 4.79 Å². The Morgan fingerprint density at radius 1 is 1.33 bits per heavy atom. The minimum Gasteiger partial charge on any atom is -0.481 e. The first kappa shape index (κ1) is 17.8. The molecule has 1 saturated heterocycles. The van der Waals surface area contributed by atoms with Crippen molar-refractivity contribution in [2.75, 3.05) is 40.4 Å². The molecule has 0 aromatic heterocycles. The summed E-state index contributed by atoms with van der Waals surface area (Å²) in [4.78, 5) is 27.3. The van der Waals surface area contributed by atoms with Gasteiger partial charge in [-0.2, -0.15) is 0 Å². The third-order valence-electron chi connectivity index (χ3n) is 4.34. The van der Waals surface area contributed by atoms with Gasteiger partial charge in [0.25, 0.3) is 0 Å². The van der Waals surface area contributed by atoms with Crippen LogP contribution in [0.2, 0.25) is 0 Å². The van der Waals surface area contributed by atoms with Gasteiger partial charge in [0.2, 0.25) is 0 Å². The molecule has 0 saturated carbocycles. The summed E-state index contributed by atoms with van der Waals surface area (Å²) in [6, 6.07) is -0.0124. The van der Waals surface area contributed by atoms with Gasteiger partial charge in [0.1, 0.15) is 0 Å². The molecule has 0 aromatic carbocycles. The second kappa shape index (κ2) is 8.22. The van der Waals surface area contributed by atoms with Crippen LogP contribution in [0.15, 0.2) is 0 Å². The maximum Gasteiger partial charge on any atom is 0.319 e. The molecule has 1 heterocycles. The molecule has 2 amide bonds. The van der Waals surface area contributed by atoms with E-state index in [-0.39, 0.29) is 6.03 Å². The lowest BCUT2D eigenvalue weighted by atomic mass is 9.75. The van der Waals surface area contributed by atoms with Gasteiger partial charge in [-0.3, -0.25) is 4.79 Å². The third-order valence-corrected chi connectivity index (χ3v) is 4.34. The normalized spacial score (nSPS) is 17.6. The molecule has 1 aliphatic heterocycles. The van der Waals surface area contributed by atoms with Gasteiger partial charge in [-0.1, -0.05) is 13.3 Å². The quantitative estimate of drug-likeness (QED) is 0.730. The average Bonchev–Trinajstić information content (AvgIpc) is 2.47. The highest BCUT2D eigenvalue weighted by atomic mass is 16.5. The Hall–Kier alpha value is -1.30. The molecule has 0 spiro atoms. The standard InChI is InChI=1S/C15H28N2O4/c1-4-6-15(13(18)19)7-10-17(11-8-15)14(20)16(2)9-5-12-21-3/h4-12H2,1-3H3,(H,18,19). The predicted molar refractivity (Wildman–Crippen MR) is 80.3 cm³/mol. The number of carbonyl (C=O) groups excluding carboxylic acids is 1. The lowest BCUT2D eigenvalue weighted by Crippen LogP contribution is -2.50. The van der Waals surface area contributed by atoms with Crippen molar-refractivity contribution in [1.29, 1.82) is 0 Å². The van der Waals surface area contributed by atoms with Gasteiger partial charge < -0.3 is 19.6 Å². The first-order chi connectivity index (χ1) is 9.96. The number of carboxylic acids is 1. The van der Waals surface area contributed by atoms with E-state index < -0.39 is 11.4 Å². The van der Waals surface area contributed by atoms with E-state index in [4.69, 9.17) is 4.74 Å². The summed E-state index contributed by atoms with van der Waals surface area (Å²) >= 11 is 0. The number of carboxylic acid groups (broad SMARTS) is 1. The summed E-state index contributed by atoms with van der Waals surface area (Å²) in [7, 11) is 3.43. The zero-order chi connectivity index (χ0) is 15.9. The monoisotopic (exact) mass is 300 g/mol. The minimum atomic E-state index is -0.718. The van der Waals surface area contributed by atoms with Gasteiger partial charge >= 0.3 is 12.0 Å². The molecule has 0 unspecified atom stereocenters. The second-order valence-electron chi connectivity index (χ2n) is 5.87. The molecule has 1 fully saturated rings. The maximum atomic E-state index is 12.3. The fourth-order valence-electron chi connectivity index (χ4n) is 2.96. The van der Waals surface area contributed by atoms with Gasteiger partial charge in [-0.15, -0.1) is 0 Å². The first-order valence-electron chi connectivity index (χ1n) is 7.69. The Morgan fingerprint density at radius 3 is 2.43 bits per heavy atom. The lowest BCUT2D eigenvalue weighted by Gasteiger charge is -2.40. The highest BCUT2D eigenvalue weighted by Gasteiger charge is 2.41. The number of urea groups is 1. The number of hydrogen-bond donors (Lipinski definition) is 1. The molecule has 0 aliphatic carbocycles. The highest BCUT2D eigenvalue weighted by Crippen LogP contribution is 2.36. The summed E-state index contributed by atoms with van der Waals surface area (Å²) in [5.41, 5.74) is -0.639. The molecule has 0 radical (unpaired) electrons. The Morgan fingerprint density at radius 2 is 1.95 bits per heavy atom. The molecule has 1 aliphatic rings. The summed E-state index contributed by atoms with van der Waals surface area (Å²) in [5, 5.41) is 9.47. The van der Waals surface area contributed by atoms with Crippen molar-refractivity contribution in [2.24, 2.45) is 5.41 Å². The van der Waals surface area contributed by atoms with Crippen molar-refractivity contribution in [3.63, 3.8) is 0 Å². The van der Waals surface area contributed by atoms with Crippen LogP contribution in [-0.4, -0.2) is 67.3 Å². The van der Waals surface area contributed by atoms with Crippen LogP contribution in [0, 0.1) is 5.41 Å². The van der Waals surface area contributed by atoms with E-state index in [9.17, 15) is 14.7 Å². The number of aliphatic carboxylic acids is 1. The third kappa shape index (κ3) is 4.59. The molecule has 122 valence electrons. The minimum absolute atomic E-state index is 0.0124. The molecule has 1 N–H and O–H groups in total. The lowest BCUT2D eigenvalue weighted by molar-refractivity contribution is -0.152. The number of hydrogen-bond acceptors (Lipinski definition) is 3. The number of amides is 2. The van der Waals surface area contributed by atoms with Crippen LogP contribution in [0.5, 0.6) is 0 Å². The van der Waals surface area contributed by atoms with Crippen molar-refractivity contribution in [2.45, 2.75) is 39.0 Å². The van der Waals surface area contributed by atoms with Crippen molar-refractivity contribution in [1.82, 2.24) is 9.80 Å². The van der Waals surface area contributed by atoms with Gasteiger partial charge in [0, 0.05) is 40.4 Å². The van der Waals surface area contributed by atoms with Crippen LogP contribution in [0.3, 0.4) is 0 Å². The molecule has 0 aromatic rings. The largest absolute Gasteiger partial charge is 0.481 e. The van der Waals surface area contributed by atoms with Crippen molar-refractivity contribution in [3.8, 4) is 0 Å². The number of methoxy groups -OCH3 is 1. The van der Waals surface area contributed by atoms with Crippen LogP contribution < -0.4 is 0 Å². The van der Waals surface area contributed by atoms with E-state index in [2.05, 4.69) is 0 Å². The van der Waals surface area contributed by atoms with Crippen LogP contribution in [-0.2, 0) is 9.53 Å². The molecular formula is C15H28N2O4. The molecule has 0 atom stereocenters. The van der Waals surface area contributed by atoms with E-state index in [1.54, 1.807) is 24.0 Å². The van der Waals surface area contributed by atoms with Gasteiger partial charge in [-0.05, 0) is 25.7 Å². The second-order valence-corrected chi connectivity index (χ2v) is 5.87. The Kier molecular flexibility index (Phi) is 6.95. The molecule has 0 bridgehead atoms. The Balaban J connectivity index is 2.51. The van der Waals surface area contributed by atoms with Crippen molar-refractivity contribution in [3.05, 3.63) is 0 Å². The zero-order valence-corrected chi connectivity index (χ0v) is 13.4. The molecule has 21 heavy (non-hydrogen) atoms. The molecule has 1 rings (SSSR count). The first-order valence-corrected chi connectivity index (χ1v) is 7.69. The van der Waals surface area contributed by atoms with E-state index in [1.807, 2.05) is 6.92 Å². The highest BCUT2D eigenvalue weighted by molar-refractivity contribution is 5.77. The SMILES string of the molecule is CCCC1(C(=O)O)CCN(C(=O)N(C)CCCOC)CC1. The number of ether oxygens (including phenoxy) is 1. The molecule has 6 nitrogen and oxygen atoms in total. The topological polar surface area (TPSA) is 70.1 Å². The van der Waals surface area contributed by atoms with Crippen molar-refractivity contribution < 1.29 is 19.4 Å². The van der Waals surface area contributed by atoms with Crippen LogP contribution in [0.1, 0.15) is 39.0 Å². The smallest absolute Gasteiger partial charge is 0.319 e. The zero-order valence-electron chi connectivity index (χ0n) is 13.4. The van der Waals surface area contributed by atoms with Crippen LogP contribution >= 0.6 is 0 Å². The number of piperidine rings is 1. The van der Waals surface area contributed by atoms with E-state index in [0.717, 1.165) is 12.8 Å². The summed E-state index contributed by atoms with van der Waals surface area (Å²) in [6.07, 6.45) is 3.45. The van der Waals surface area contributed by atoms with Gasteiger partial charge in [-0.25, -0.2) is 4.79 Å². The number of rotatable bonds is 7. The summed E-state index contributed by atoms with van der Waals surface area (Å²) < 4.78 is 4.98. The molecule has 6 heteroatoms. The summed E-state index contributed by atoms with van der Waals surface area (Å²) in [5.74, 6) is -0.718. The molecular weight excluding hydrogens is 272 g/mol. The fraction of sp³-hybridized carbons (Fsp3) is 0.867. The number of carbonyl (C=O) groups is 2. The van der Waals surface area contributed by atoms with E-state index in [1.165, 1.54) is 0 Å². The van der Waals surface area contributed by atoms with Crippen LogP contribution in [0.25, 0.3) is 0 Å². The Labute approximate surface area is 127 Å².